The van der Waals surface area contributed by atoms with Crippen LogP contribution in [-0.2, 0) is 4.74 Å². The summed E-state index contributed by atoms with van der Waals surface area (Å²) in [7, 11) is 0. The van der Waals surface area contributed by atoms with Crippen molar-refractivity contribution in [2.75, 3.05) is 13.2 Å². The van der Waals surface area contributed by atoms with Crippen molar-refractivity contribution in [3.8, 4) is 0 Å². The van der Waals surface area contributed by atoms with E-state index in [1.807, 2.05) is 18.2 Å². The molecule has 0 spiro atoms. The number of unbranched alkanes of at least 4 members (excludes halogenated alkanes) is 2. The number of ether oxygens (including phenoxy) is 1. The van der Waals surface area contributed by atoms with E-state index in [-0.39, 0.29) is 6.10 Å². The zero-order valence-electron chi connectivity index (χ0n) is 9.36. The first kappa shape index (κ1) is 12.1. The van der Waals surface area contributed by atoms with Crippen LogP contribution in [0.1, 0.15) is 38.0 Å². The maximum atomic E-state index is 5.69. The van der Waals surface area contributed by atoms with Crippen molar-refractivity contribution in [2.24, 2.45) is 5.73 Å². The summed E-state index contributed by atoms with van der Waals surface area (Å²) >= 11 is 0. The lowest BCUT2D eigenvalue weighted by Crippen LogP contribution is -2.17. The number of aromatic nitrogens is 1. The highest BCUT2D eigenvalue weighted by atomic mass is 16.5. The van der Waals surface area contributed by atoms with Crippen LogP contribution in [0.2, 0.25) is 0 Å². The van der Waals surface area contributed by atoms with E-state index in [0.29, 0.717) is 6.54 Å². The summed E-state index contributed by atoms with van der Waals surface area (Å²) < 4.78 is 5.69. The molecule has 1 aromatic heterocycles. The highest BCUT2D eigenvalue weighted by Crippen LogP contribution is 2.13. The Bertz CT molecular complexity index is 251. The van der Waals surface area contributed by atoms with Crippen LogP contribution in [0.25, 0.3) is 0 Å². The van der Waals surface area contributed by atoms with Gasteiger partial charge in [-0.15, -0.1) is 0 Å². The van der Waals surface area contributed by atoms with Gasteiger partial charge in [0.05, 0.1) is 5.69 Å². The minimum absolute atomic E-state index is 0.0527. The summed E-state index contributed by atoms with van der Waals surface area (Å²) in [5, 5.41) is 0. The first-order chi connectivity index (χ1) is 7.38. The van der Waals surface area contributed by atoms with Crippen molar-refractivity contribution in [1.29, 1.82) is 0 Å². The Hall–Kier alpha value is -0.930. The lowest BCUT2D eigenvalue weighted by molar-refractivity contribution is 0.0532. The van der Waals surface area contributed by atoms with E-state index in [1.54, 1.807) is 6.20 Å². The lowest BCUT2D eigenvalue weighted by Gasteiger charge is -2.15. The van der Waals surface area contributed by atoms with E-state index in [2.05, 4.69) is 11.9 Å². The SMILES string of the molecule is CCCCCOC(CN)c1ccccn1. The van der Waals surface area contributed by atoms with E-state index < -0.39 is 0 Å². The van der Waals surface area contributed by atoms with Gasteiger partial charge >= 0.3 is 0 Å². The summed E-state index contributed by atoms with van der Waals surface area (Å²) in [4.78, 5) is 4.24. The number of nitrogens with two attached hydrogens (primary N) is 1. The van der Waals surface area contributed by atoms with Crippen molar-refractivity contribution in [3.05, 3.63) is 30.1 Å². The summed E-state index contributed by atoms with van der Waals surface area (Å²) in [6.07, 6.45) is 5.23. The molecular weight excluding hydrogens is 188 g/mol. The molecule has 0 saturated carbocycles. The molecule has 3 nitrogen and oxygen atoms in total. The fraction of sp³-hybridized carbons (Fsp3) is 0.583. The molecule has 84 valence electrons. The summed E-state index contributed by atoms with van der Waals surface area (Å²) in [5.74, 6) is 0. The maximum absolute atomic E-state index is 5.69. The van der Waals surface area contributed by atoms with Gasteiger partial charge in [0.25, 0.3) is 0 Å². The Morgan fingerprint density at radius 3 is 2.87 bits per heavy atom. The molecule has 0 aliphatic rings. The zero-order valence-corrected chi connectivity index (χ0v) is 9.36. The van der Waals surface area contributed by atoms with Crippen molar-refractivity contribution >= 4 is 0 Å². The standard InChI is InChI=1S/C12H20N2O/c1-2-3-6-9-15-12(10-13)11-7-4-5-8-14-11/h4-5,7-8,12H,2-3,6,9-10,13H2,1H3. The van der Waals surface area contributed by atoms with Gasteiger partial charge in [-0.2, -0.15) is 0 Å². The van der Waals surface area contributed by atoms with Crippen LogP contribution in [-0.4, -0.2) is 18.1 Å². The average Bonchev–Trinajstić information content (AvgIpc) is 2.30. The van der Waals surface area contributed by atoms with Gasteiger partial charge in [-0.25, -0.2) is 0 Å². The summed E-state index contributed by atoms with van der Waals surface area (Å²) in [5.41, 5.74) is 6.58. The third-order valence-electron chi connectivity index (χ3n) is 2.30. The van der Waals surface area contributed by atoms with Crippen molar-refractivity contribution in [2.45, 2.75) is 32.3 Å². The first-order valence-electron chi connectivity index (χ1n) is 5.61. The molecule has 0 amide bonds. The molecule has 0 radical (unpaired) electrons. The number of pyridine rings is 1. The van der Waals surface area contributed by atoms with Crippen LogP contribution >= 0.6 is 0 Å². The predicted octanol–water partition coefficient (Wildman–Crippen LogP) is 2.29. The monoisotopic (exact) mass is 208 g/mol. The molecule has 1 atom stereocenters. The van der Waals surface area contributed by atoms with Crippen molar-refractivity contribution in [1.82, 2.24) is 4.98 Å². The molecule has 1 heterocycles. The van der Waals surface area contributed by atoms with Gasteiger partial charge in [0.2, 0.25) is 0 Å². The molecule has 1 aromatic rings. The smallest absolute Gasteiger partial charge is 0.112 e. The number of hydrogen-bond donors (Lipinski definition) is 1. The number of nitrogens with zero attached hydrogens (tertiary/aromatic N) is 1. The van der Waals surface area contributed by atoms with Crippen LogP contribution in [0.4, 0.5) is 0 Å². The number of rotatable bonds is 7. The third-order valence-corrected chi connectivity index (χ3v) is 2.30. The van der Waals surface area contributed by atoms with Gasteiger partial charge < -0.3 is 10.5 Å². The van der Waals surface area contributed by atoms with E-state index in [9.17, 15) is 0 Å². The Labute approximate surface area is 91.7 Å². The molecule has 0 bridgehead atoms. The van der Waals surface area contributed by atoms with Crippen molar-refractivity contribution in [3.63, 3.8) is 0 Å². The predicted molar refractivity (Wildman–Crippen MR) is 61.5 cm³/mol. The molecule has 1 unspecified atom stereocenters. The van der Waals surface area contributed by atoms with E-state index in [4.69, 9.17) is 10.5 Å². The van der Waals surface area contributed by atoms with Crippen molar-refractivity contribution < 1.29 is 4.74 Å². The molecule has 1 rings (SSSR count). The van der Waals surface area contributed by atoms with Gasteiger partial charge in [-0.05, 0) is 18.6 Å². The van der Waals surface area contributed by atoms with Gasteiger partial charge in [-0.3, -0.25) is 4.98 Å². The zero-order chi connectivity index (χ0) is 10.9. The van der Waals surface area contributed by atoms with Crippen LogP contribution in [0.15, 0.2) is 24.4 Å². The molecule has 2 N–H and O–H groups in total. The van der Waals surface area contributed by atoms with E-state index in [0.717, 1.165) is 18.7 Å². The maximum Gasteiger partial charge on any atom is 0.112 e. The molecule has 0 fully saturated rings. The third kappa shape index (κ3) is 4.40. The number of hydrogen-bond acceptors (Lipinski definition) is 3. The van der Waals surface area contributed by atoms with Gasteiger partial charge in [0.1, 0.15) is 6.10 Å². The molecule has 0 aliphatic carbocycles. The van der Waals surface area contributed by atoms with Gasteiger partial charge in [0, 0.05) is 19.3 Å². The summed E-state index contributed by atoms with van der Waals surface area (Å²) in [6, 6.07) is 5.81. The Kier molecular flexibility index (Phi) is 5.97. The van der Waals surface area contributed by atoms with Gasteiger partial charge in [-0.1, -0.05) is 25.8 Å². The fourth-order valence-corrected chi connectivity index (χ4v) is 1.42. The molecule has 0 aromatic carbocycles. The molecule has 3 heteroatoms. The molecule has 15 heavy (non-hydrogen) atoms. The lowest BCUT2D eigenvalue weighted by atomic mass is 10.2. The topological polar surface area (TPSA) is 48.1 Å². The minimum Gasteiger partial charge on any atom is -0.371 e. The van der Waals surface area contributed by atoms with Crippen LogP contribution < -0.4 is 5.73 Å². The fourth-order valence-electron chi connectivity index (χ4n) is 1.42. The Balaban J connectivity index is 2.36. The average molecular weight is 208 g/mol. The second kappa shape index (κ2) is 7.37. The largest absolute Gasteiger partial charge is 0.371 e. The minimum atomic E-state index is -0.0527. The molecular formula is C12H20N2O. The van der Waals surface area contributed by atoms with E-state index in [1.165, 1.54) is 12.8 Å². The summed E-state index contributed by atoms with van der Waals surface area (Å²) in [6.45, 7) is 3.44. The highest BCUT2D eigenvalue weighted by Gasteiger charge is 2.09. The highest BCUT2D eigenvalue weighted by molar-refractivity contribution is 5.07. The first-order valence-corrected chi connectivity index (χ1v) is 5.61. The second-order valence-electron chi connectivity index (χ2n) is 3.56. The van der Waals surface area contributed by atoms with Gasteiger partial charge in [0.15, 0.2) is 0 Å². The molecule has 0 aliphatic heterocycles. The van der Waals surface area contributed by atoms with E-state index >= 15 is 0 Å². The second-order valence-corrected chi connectivity index (χ2v) is 3.56. The quantitative estimate of drug-likeness (QED) is 0.699. The Morgan fingerprint density at radius 2 is 2.27 bits per heavy atom. The van der Waals surface area contributed by atoms with Crippen LogP contribution in [0.5, 0.6) is 0 Å². The molecule has 0 saturated heterocycles. The van der Waals surface area contributed by atoms with Crippen LogP contribution in [0, 0.1) is 0 Å². The van der Waals surface area contributed by atoms with Crippen LogP contribution in [0.3, 0.4) is 0 Å². The Morgan fingerprint density at radius 1 is 1.40 bits per heavy atom. The normalized spacial score (nSPS) is 12.7.